The van der Waals surface area contributed by atoms with Gasteiger partial charge < -0.3 is 9.64 Å². The summed E-state index contributed by atoms with van der Waals surface area (Å²) in [5, 5.41) is 0. The molecule has 1 rings (SSSR count). The summed E-state index contributed by atoms with van der Waals surface area (Å²) in [4.78, 5) is 12.4. The molecule has 0 atom stereocenters. The van der Waals surface area contributed by atoms with Gasteiger partial charge in [0.1, 0.15) is 0 Å². The number of carbonyl (C=O) groups excluding carboxylic acids is 1. The largest absolute Gasteiger partial charge is 0.441 e. The molecular weight excluding hydrogens is 118 g/mol. The minimum Gasteiger partial charge on any atom is -0.441 e. The van der Waals surface area contributed by atoms with E-state index in [4.69, 9.17) is 4.74 Å². The molecular formula is C6H9NO2. The van der Waals surface area contributed by atoms with Gasteiger partial charge in [0.2, 0.25) is 0 Å². The highest BCUT2D eigenvalue weighted by molar-refractivity contribution is 5.88. The maximum Gasteiger partial charge on any atom is 0.336 e. The molecule has 0 aromatic carbocycles. The molecule has 0 bridgehead atoms. The van der Waals surface area contributed by atoms with Gasteiger partial charge in [0.15, 0.2) is 6.73 Å². The molecule has 1 heterocycles. The van der Waals surface area contributed by atoms with Crippen LogP contribution in [0.25, 0.3) is 0 Å². The topological polar surface area (TPSA) is 29.5 Å². The molecule has 3 nitrogen and oxygen atoms in total. The lowest BCUT2D eigenvalue weighted by Crippen LogP contribution is -2.25. The van der Waals surface area contributed by atoms with Crippen LogP contribution in [0.1, 0.15) is 6.92 Å². The van der Waals surface area contributed by atoms with Crippen LogP contribution in [0.3, 0.4) is 0 Å². The van der Waals surface area contributed by atoms with E-state index in [9.17, 15) is 4.79 Å². The number of rotatable bonds is 0. The molecule has 50 valence electrons. The van der Waals surface area contributed by atoms with Crippen LogP contribution in [0.4, 0.5) is 0 Å². The third-order valence-electron chi connectivity index (χ3n) is 1.14. The minimum atomic E-state index is -0.215. The molecule has 0 spiro atoms. The number of ether oxygens (including phenoxy) is 1. The van der Waals surface area contributed by atoms with Gasteiger partial charge in [-0.3, -0.25) is 0 Å². The van der Waals surface area contributed by atoms with Gasteiger partial charge in [-0.1, -0.05) is 0 Å². The predicted octanol–water partition coefficient (Wildman–Crippen LogP) is 0.336. The van der Waals surface area contributed by atoms with E-state index in [0.717, 1.165) is 0 Å². The van der Waals surface area contributed by atoms with Gasteiger partial charge in [0.25, 0.3) is 0 Å². The first-order valence-corrected chi connectivity index (χ1v) is 2.76. The highest BCUT2D eigenvalue weighted by Crippen LogP contribution is 2.04. The van der Waals surface area contributed by atoms with Crippen molar-refractivity contribution in [1.82, 2.24) is 4.90 Å². The minimum absolute atomic E-state index is 0.215. The number of nitrogens with zero attached hydrogens (tertiary/aromatic N) is 1. The predicted molar refractivity (Wildman–Crippen MR) is 32.5 cm³/mol. The SMILES string of the molecule is CC1=CN(C)COC1=O. The Morgan fingerprint density at radius 3 is 2.89 bits per heavy atom. The van der Waals surface area contributed by atoms with Crippen molar-refractivity contribution in [2.75, 3.05) is 13.8 Å². The molecule has 9 heavy (non-hydrogen) atoms. The molecule has 0 radical (unpaired) electrons. The van der Waals surface area contributed by atoms with Gasteiger partial charge in [0.05, 0.1) is 5.57 Å². The van der Waals surface area contributed by atoms with Crippen LogP contribution in [0, 0.1) is 0 Å². The zero-order chi connectivity index (χ0) is 6.85. The van der Waals surface area contributed by atoms with Crippen LogP contribution < -0.4 is 0 Å². The van der Waals surface area contributed by atoms with E-state index in [1.54, 1.807) is 13.1 Å². The third kappa shape index (κ3) is 1.22. The Kier molecular flexibility index (Phi) is 1.42. The maximum atomic E-state index is 10.6. The molecule has 0 aliphatic carbocycles. The zero-order valence-electron chi connectivity index (χ0n) is 5.55. The first-order valence-electron chi connectivity index (χ1n) is 2.76. The summed E-state index contributed by atoms with van der Waals surface area (Å²) in [6.45, 7) is 2.11. The Morgan fingerprint density at radius 1 is 1.78 bits per heavy atom. The van der Waals surface area contributed by atoms with Gasteiger partial charge in [-0.2, -0.15) is 0 Å². The Balaban J connectivity index is 2.72. The lowest BCUT2D eigenvalue weighted by molar-refractivity contribution is -0.144. The summed E-state index contributed by atoms with van der Waals surface area (Å²) < 4.78 is 4.72. The molecule has 0 amide bonds. The van der Waals surface area contributed by atoms with E-state index in [-0.39, 0.29) is 5.97 Å². The van der Waals surface area contributed by atoms with Gasteiger partial charge in [-0.15, -0.1) is 0 Å². The van der Waals surface area contributed by atoms with Crippen molar-refractivity contribution in [1.29, 1.82) is 0 Å². The van der Waals surface area contributed by atoms with Crippen molar-refractivity contribution in [2.24, 2.45) is 0 Å². The fourth-order valence-corrected chi connectivity index (χ4v) is 0.695. The molecule has 0 fully saturated rings. The molecule has 0 aromatic heterocycles. The Hall–Kier alpha value is -0.990. The average molecular weight is 127 g/mol. The van der Waals surface area contributed by atoms with Crippen LogP contribution >= 0.6 is 0 Å². The van der Waals surface area contributed by atoms with Crippen LogP contribution in [-0.4, -0.2) is 24.6 Å². The van der Waals surface area contributed by atoms with Crippen molar-refractivity contribution in [3.05, 3.63) is 11.8 Å². The van der Waals surface area contributed by atoms with Gasteiger partial charge in [0, 0.05) is 13.2 Å². The van der Waals surface area contributed by atoms with Crippen LogP contribution in [-0.2, 0) is 9.53 Å². The number of hydrogen-bond acceptors (Lipinski definition) is 3. The molecule has 1 aliphatic heterocycles. The van der Waals surface area contributed by atoms with Crippen molar-refractivity contribution in [3.8, 4) is 0 Å². The quantitative estimate of drug-likeness (QED) is 0.439. The van der Waals surface area contributed by atoms with Crippen molar-refractivity contribution < 1.29 is 9.53 Å². The van der Waals surface area contributed by atoms with Crippen molar-refractivity contribution >= 4 is 5.97 Å². The molecule has 0 aromatic rings. The number of esters is 1. The van der Waals surface area contributed by atoms with E-state index in [2.05, 4.69) is 0 Å². The standard InChI is InChI=1S/C6H9NO2/c1-5-3-7(2)4-9-6(5)8/h3H,4H2,1-2H3. The molecule has 0 N–H and O–H groups in total. The van der Waals surface area contributed by atoms with Gasteiger partial charge in [-0.05, 0) is 6.92 Å². The van der Waals surface area contributed by atoms with E-state index < -0.39 is 0 Å². The van der Waals surface area contributed by atoms with Crippen LogP contribution in [0.5, 0.6) is 0 Å². The van der Waals surface area contributed by atoms with E-state index in [0.29, 0.717) is 12.3 Å². The van der Waals surface area contributed by atoms with Crippen molar-refractivity contribution in [2.45, 2.75) is 6.92 Å². The summed E-state index contributed by atoms with van der Waals surface area (Å²) in [6.07, 6.45) is 1.77. The Morgan fingerprint density at radius 2 is 2.44 bits per heavy atom. The Bertz CT molecular complexity index is 162. The second kappa shape index (κ2) is 2.09. The lowest BCUT2D eigenvalue weighted by Gasteiger charge is -2.19. The highest BCUT2D eigenvalue weighted by atomic mass is 16.5. The smallest absolute Gasteiger partial charge is 0.336 e. The molecule has 3 heteroatoms. The van der Waals surface area contributed by atoms with Crippen molar-refractivity contribution in [3.63, 3.8) is 0 Å². The van der Waals surface area contributed by atoms with Gasteiger partial charge >= 0.3 is 5.97 Å². The summed E-state index contributed by atoms with van der Waals surface area (Å²) in [5.41, 5.74) is 0.656. The van der Waals surface area contributed by atoms with Crippen LogP contribution in [0.2, 0.25) is 0 Å². The highest BCUT2D eigenvalue weighted by Gasteiger charge is 2.11. The lowest BCUT2D eigenvalue weighted by atomic mass is 10.3. The fraction of sp³-hybridized carbons (Fsp3) is 0.500. The summed E-state index contributed by atoms with van der Waals surface area (Å²) >= 11 is 0. The normalized spacial score (nSPS) is 19.1. The maximum absolute atomic E-state index is 10.6. The second-order valence-corrected chi connectivity index (χ2v) is 2.13. The molecule has 0 saturated carbocycles. The molecule has 0 unspecified atom stereocenters. The number of hydrogen-bond donors (Lipinski definition) is 0. The first kappa shape index (κ1) is 6.13. The number of carbonyl (C=O) groups is 1. The van der Waals surface area contributed by atoms with E-state index in [1.807, 2.05) is 11.9 Å². The molecule has 0 saturated heterocycles. The first-order chi connectivity index (χ1) is 4.20. The van der Waals surface area contributed by atoms with E-state index >= 15 is 0 Å². The van der Waals surface area contributed by atoms with Crippen LogP contribution in [0.15, 0.2) is 11.8 Å². The summed E-state index contributed by atoms with van der Waals surface area (Å²) in [7, 11) is 1.86. The van der Waals surface area contributed by atoms with Gasteiger partial charge in [-0.25, -0.2) is 4.79 Å². The Labute approximate surface area is 53.9 Å². The fourth-order valence-electron chi connectivity index (χ4n) is 0.695. The second-order valence-electron chi connectivity index (χ2n) is 2.13. The zero-order valence-corrected chi connectivity index (χ0v) is 5.55. The van der Waals surface area contributed by atoms with E-state index in [1.165, 1.54) is 0 Å². The average Bonchev–Trinajstić information content (AvgIpc) is 1.80. The third-order valence-corrected chi connectivity index (χ3v) is 1.14. The molecule has 1 aliphatic rings. The monoisotopic (exact) mass is 127 g/mol. The number of cyclic esters (lactones) is 1. The summed E-state index contributed by atoms with van der Waals surface area (Å²) in [6, 6.07) is 0. The summed E-state index contributed by atoms with van der Waals surface area (Å²) in [5.74, 6) is -0.215.